The van der Waals surface area contributed by atoms with Gasteiger partial charge in [-0.3, -0.25) is 0 Å². The normalized spacial score (nSPS) is 18.7. The summed E-state index contributed by atoms with van der Waals surface area (Å²) in [6.45, 7) is 0. The van der Waals surface area contributed by atoms with Crippen molar-refractivity contribution < 1.29 is 47.6 Å². The van der Waals surface area contributed by atoms with E-state index in [0.717, 1.165) is 12.1 Å². The predicted molar refractivity (Wildman–Crippen MR) is 49.8 cm³/mol. The van der Waals surface area contributed by atoms with Crippen LogP contribution < -0.4 is 5.32 Å². The van der Waals surface area contributed by atoms with Crippen molar-refractivity contribution in [1.29, 1.82) is 0 Å². The summed E-state index contributed by atoms with van der Waals surface area (Å²) in [6.07, 6.45) is 1.52. The van der Waals surface area contributed by atoms with Gasteiger partial charge in [0.15, 0.2) is 0 Å². The topological polar surface area (TPSA) is 49.3 Å². The molecule has 14 heavy (non-hydrogen) atoms. The molecule has 1 heterocycles. The Balaban J connectivity index is 0.000000980. The zero-order valence-corrected chi connectivity index (χ0v) is 8.22. The van der Waals surface area contributed by atoms with E-state index in [0.29, 0.717) is 6.42 Å². The van der Waals surface area contributed by atoms with Gasteiger partial charge in [-0.2, -0.15) is 0 Å². The largest absolute Gasteiger partial charge is 0.480 e. The molecule has 2 N–H and O–H groups in total. The van der Waals surface area contributed by atoms with Crippen LogP contribution in [0.25, 0.3) is 0 Å². The molecule has 0 aliphatic carbocycles. The number of aliphatic carboxylic acids is 1. The molecular formula is C10H11ArNO2. The minimum Gasteiger partial charge on any atom is -0.480 e. The van der Waals surface area contributed by atoms with Crippen molar-refractivity contribution in [3.63, 3.8) is 0 Å². The number of carboxylic acid groups (broad SMARTS) is 1. The first-order valence-electron chi connectivity index (χ1n) is 4.34. The Labute approximate surface area is 113 Å². The number of carbonyl (C=O) groups is 1. The number of anilines is 1. The third-order valence-corrected chi connectivity index (χ3v) is 2.35. The third-order valence-electron chi connectivity index (χ3n) is 2.35. The van der Waals surface area contributed by atoms with Crippen LogP contribution in [-0.2, 0) is 11.2 Å². The summed E-state index contributed by atoms with van der Waals surface area (Å²) in [7, 11) is 0. The van der Waals surface area contributed by atoms with Gasteiger partial charge in [0.25, 0.3) is 0 Å². The van der Waals surface area contributed by atoms with Crippen LogP contribution in [0.15, 0.2) is 24.3 Å². The van der Waals surface area contributed by atoms with Crippen LogP contribution in [0.5, 0.6) is 0 Å². The van der Waals surface area contributed by atoms with Gasteiger partial charge in [0.1, 0.15) is 6.04 Å². The van der Waals surface area contributed by atoms with E-state index >= 15 is 0 Å². The molecule has 1 aliphatic rings. The number of hydrogen-bond acceptors (Lipinski definition) is 2. The van der Waals surface area contributed by atoms with Crippen LogP contribution in [0.3, 0.4) is 0 Å². The van der Waals surface area contributed by atoms with Gasteiger partial charge in [-0.1, -0.05) is 18.2 Å². The number of fused-ring (bicyclic) bond motifs is 1. The third kappa shape index (κ3) is 2.41. The quantitative estimate of drug-likeness (QED) is 0.749. The molecule has 1 aromatic carbocycles. The molecule has 0 radical (unpaired) electrons. The predicted octanol–water partition coefficient (Wildman–Crippen LogP) is 1.50. The molecule has 0 aromatic heterocycles. The molecular weight excluding hydrogens is 206 g/mol. The van der Waals surface area contributed by atoms with Gasteiger partial charge in [0.2, 0.25) is 0 Å². The summed E-state index contributed by atoms with van der Waals surface area (Å²) in [5.41, 5.74) is 2.17. The first kappa shape index (κ1) is 11.8. The maximum atomic E-state index is 10.7. The molecule has 0 amide bonds. The number of aryl methyl sites for hydroxylation is 1. The van der Waals surface area contributed by atoms with E-state index in [9.17, 15) is 4.79 Å². The van der Waals surface area contributed by atoms with E-state index in [1.165, 1.54) is 5.56 Å². The fourth-order valence-corrected chi connectivity index (χ4v) is 1.62. The van der Waals surface area contributed by atoms with E-state index in [4.69, 9.17) is 5.11 Å². The molecule has 0 fully saturated rings. The standard InChI is InChI=1S/C10H11NO2.Ar/c12-10(13)9-6-5-7-3-1-2-4-8(7)11-9;/h1-4,9,11H,5-6H2,(H,12,13);. The summed E-state index contributed by atoms with van der Waals surface area (Å²) in [4.78, 5) is 10.7. The summed E-state index contributed by atoms with van der Waals surface area (Å²) in [6, 6.07) is 7.41. The maximum absolute atomic E-state index is 10.7. The number of nitrogens with one attached hydrogen (secondary N) is 1. The van der Waals surface area contributed by atoms with E-state index in [-0.39, 0.29) is 37.7 Å². The molecule has 1 aromatic rings. The first-order valence-corrected chi connectivity index (χ1v) is 4.34. The van der Waals surface area contributed by atoms with Gasteiger partial charge in [-0.05, 0) is 24.5 Å². The minimum atomic E-state index is -0.769. The number of benzene rings is 1. The number of para-hydroxylation sites is 1. The molecule has 3 nitrogen and oxygen atoms in total. The van der Waals surface area contributed by atoms with Crippen molar-refractivity contribution in [2.24, 2.45) is 0 Å². The van der Waals surface area contributed by atoms with Gasteiger partial charge >= 0.3 is 5.97 Å². The molecule has 4 heteroatoms. The molecule has 2 rings (SSSR count). The van der Waals surface area contributed by atoms with Crippen molar-refractivity contribution >= 4 is 11.7 Å². The van der Waals surface area contributed by atoms with Gasteiger partial charge < -0.3 is 10.4 Å². The SMILES string of the molecule is O=C(O)C1CCc2ccccc2N1.[Ar]. The summed E-state index contributed by atoms with van der Waals surface area (Å²) in [5.74, 6) is -0.769. The van der Waals surface area contributed by atoms with Gasteiger partial charge in [0.05, 0.1) is 0 Å². The van der Waals surface area contributed by atoms with E-state index < -0.39 is 12.0 Å². The van der Waals surface area contributed by atoms with E-state index in [1.807, 2.05) is 24.3 Å². The summed E-state index contributed by atoms with van der Waals surface area (Å²) in [5, 5.41) is 11.8. The first-order chi connectivity index (χ1) is 6.27. The minimum absolute atomic E-state index is 0. The smallest absolute Gasteiger partial charge is 0.326 e. The summed E-state index contributed by atoms with van der Waals surface area (Å²) < 4.78 is 0. The van der Waals surface area contributed by atoms with Crippen molar-refractivity contribution in [3.8, 4) is 0 Å². The molecule has 1 aliphatic heterocycles. The van der Waals surface area contributed by atoms with Crippen LogP contribution >= 0.6 is 0 Å². The fourth-order valence-electron chi connectivity index (χ4n) is 1.62. The molecule has 0 saturated heterocycles. The van der Waals surface area contributed by atoms with Crippen molar-refractivity contribution in [2.75, 3.05) is 5.32 Å². The van der Waals surface area contributed by atoms with Gasteiger partial charge in [-0.15, -0.1) is 0 Å². The average Bonchev–Trinajstić information content (AvgIpc) is 2.17. The number of hydrogen-bond donors (Lipinski definition) is 2. The fraction of sp³-hybridized carbons (Fsp3) is 0.300. The van der Waals surface area contributed by atoms with Crippen molar-refractivity contribution in [2.45, 2.75) is 18.9 Å². The average molecular weight is 217 g/mol. The van der Waals surface area contributed by atoms with Crippen LogP contribution in [0, 0.1) is 37.7 Å². The van der Waals surface area contributed by atoms with Crippen molar-refractivity contribution in [3.05, 3.63) is 29.8 Å². The van der Waals surface area contributed by atoms with Crippen molar-refractivity contribution in [1.82, 2.24) is 0 Å². The Morgan fingerprint density at radius 3 is 2.86 bits per heavy atom. The van der Waals surface area contributed by atoms with Gasteiger partial charge in [-0.25, -0.2) is 4.79 Å². The molecule has 1 atom stereocenters. The van der Waals surface area contributed by atoms with Crippen LogP contribution in [0.1, 0.15) is 12.0 Å². The molecule has 76 valence electrons. The second-order valence-electron chi connectivity index (χ2n) is 3.23. The second kappa shape index (κ2) is 5.01. The Hall–Kier alpha value is -0.250. The second-order valence-corrected chi connectivity index (χ2v) is 3.23. The Morgan fingerprint density at radius 1 is 1.43 bits per heavy atom. The van der Waals surface area contributed by atoms with Gasteiger partial charge in [0, 0.05) is 43.4 Å². The maximum Gasteiger partial charge on any atom is 0.326 e. The van der Waals surface area contributed by atoms with Crippen LogP contribution in [0.4, 0.5) is 5.69 Å². The van der Waals surface area contributed by atoms with E-state index in [1.54, 1.807) is 0 Å². The monoisotopic (exact) mass is 217 g/mol. The van der Waals surface area contributed by atoms with Crippen LogP contribution in [-0.4, -0.2) is 17.1 Å². The number of rotatable bonds is 1. The van der Waals surface area contributed by atoms with Crippen LogP contribution in [0.2, 0.25) is 0 Å². The zero-order chi connectivity index (χ0) is 9.26. The number of carboxylic acids is 1. The Morgan fingerprint density at radius 2 is 2.14 bits per heavy atom. The molecule has 1 unspecified atom stereocenters. The summed E-state index contributed by atoms with van der Waals surface area (Å²) >= 11 is 0. The molecule has 0 saturated carbocycles. The zero-order valence-electron chi connectivity index (χ0n) is 7.51. The van der Waals surface area contributed by atoms with E-state index in [2.05, 4.69) is 5.32 Å². The molecule has 0 spiro atoms. The Kier molecular flexibility index (Phi) is 4.23. The molecule has 0 bridgehead atoms. The Bertz CT molecular complexity index is 341.